The minimum absolute atomic E-state index is 0. The van der Waals surface area contributed by atoms with Gasteiger partial charge in [0.25, 0.3) is 0 Å². The Morgan fingerprint density at radius 2 is 0.944 bits per heavy atom. The molecule has 3 atom stereocenters. The lowest BCUT2D eigenvalue weighted by molar-refractivity contribution is -0.153. The maximum atomic E-state index is 11.8. The van der Waals surface area contributed by atoms with Gasteiger partial charge >= 0.3 is 5.97 Å². The number of benzene rings is 2. The summed E-state index contributed by atoms with van der Waals surface area (Å²) in [5, 5.41) is 50.5. The van der Waals surface area contributed by atoms with Gasteiger partial charge in [-0.05, 0) is 127 Å². The van der Waals surface area contributed by atoms with Crippen LogP contribution in [0.3, 0.4) is 0 Å². The van der Waals surface area contributed by atoms with Crippen molar-refractivity contribution in [2.45, 2.75) is 249 Å². The Balaban J connectivity index is -0.0000000366. The zero-order valence-corrected chi connectivity index (χ0v) is 40.3. The van der Waals surface area contributed by atoms with Crippen molar-refractivity contribution in [3.8, 4) is 36.4 Å². The molecule has 0 saturated heterocycles. The third-order valence-corrected chi connectivity index (χ3v) is 11.3. The van der Waals surface area contributed by atoms with E-state index >= 15 is 0 Å². The first-order valence-electron chi connectivity index (χ1n) is 20.8. The smallest absolute Gasteiger partial charge is 0.311 e. The lowest BCUT2D eigenvalue weighted by Gasteiger charge is -2.23. The summed E-state index contributed by atoms with van der Waals surface area (Å²) in [4.78, 5) is 11.2. The van der Waals surface area contributed by atoms with Crippen molar-refractivity contribution in [1.29, 1.82) is 31.6 Å². The van der Waals surface area contributed by atoms with Crippen LogP contribution in [-0.4, -0.2) is 25.1 Å². The summed E-state index contributed by atoms with van der Waals surface area (Å²) in [6, 6.07) is 28.1. The van der Waals surface area contributed by atoms with Gasteiger partial charge in [0.15, 0.2) is 0 Å². The predicted molar refractivity (Wildman–Crippen MR) is 325 cm³/mol. The highest BCUT2D eigenvalue weighted by atomic mass is 35.5. The molecule has 426 valence electrons. The van der Waals surface area contributed by atoms with Crippen LogP contribution < -0.4 is 0 Å². The second-order valence-corrected chi connectivity index (χ2v) is 17.2. The van der Waals surface area contributed by atoms with Gasteiger partial charge in [-0.1, -0.05) is 176 Å². The molecule has 0 aromatic heterocycles. The molecule has 2 aromatic rings. The maximum absolute atomic E-state index is 11.8. The third-order valence-electron chi connectivity index (χ3n) is 10.7. The quantitative estimate of drug-likeness (QED) is 0.108. The number of hydrogen-bond donors (Lipinski definition) is 0. The number of nitrogens with zero attached hydrogens (tertiary/aromatic N) is 6. The van der Waals surface area contributed by atoms with Crippen molar-refractivity contribution < 1.29 is 13.9 Å². The van der Waals surface area contributed by atoms with Gasteiger partial charge in [-0.3, -0.25) is 4.79 Å². The Hall–Kier alpha value is -4.93. The molecule has 0 aliphatic rings. The largest absolute Gasteiger partial charge is 0.464 e. The van der Waals surface area contributed by atoms with Gasteiger partial charge in [0, 0.05) is 5.88 Å². The zero-order chi connectivity index (χ0) is 47.6. The van der Waals surface area contributed by atoms with Crippen LogP contribution in [0, 0.1) is 89.6 Å². The number of alkyl halides is 2. The number of halogens is 2. The third kappa shape index (κ3) is 51.4. The van der Waals surface area contributed by atoms with Crippen LogP contribution in [0.1, 0.15) is 266 Å². The highest BCUT2D eigenvalue weighted by Gasteiger charge is 2.26. The topological polar surface area (TPSA) is 169 Å². The van der Waals surface area contributed by atoms with Gasteiger partial charge in [0.1, 0.15) is 13.3 Å². The van der Waals surface area contributed by atoms with Crippen LogP contribution in [0.2, 0.25) is 0 Å². The minimum atomic E-state index is -0.736. The first kappa shape index (κ1) is 112. The van der Waals surface area contributed by atoms with Gasteiger partial charge in [-0.15, -0.1) is 11.6 Å². The van der Waals surface area contributed by atoms with Crippen LogP contribution in [0.4, 0.5) is 4.39 Å². The molecule has 0 amide bonds. The van der Waals surface area contributed by atoms with Gasteiger partial charge in [-0.2, -0.15) is 31.6 Å². The van der Waals surface area contributed by atoms with Crippen molar-refractivity contribution in [3.63, 3.8) is 0 Å². The number of esters is 1. The van der Waals surface area contributed by atoms with Crippen molar-refractivity contribution >= 4 is 17.6 Å². The molecule has 2 aromatic carbocycles. The number of nitriles is 6. The molecule has 72 heavy (non-hydrogen) atoms. The van der Waals surface area contributed by atoms with Crippen molar-refractivity contribution in [2.75, 3.05) is 19.2 Å². The van der Waals surface area contributed by atoms with Gasteiger partial charge < -0.3 is 4.74 Å². The zero-order valence-electron chi connectivity index (χ0n) is 39.5. The Labute approximate surface area is 458 Å². The lowest BCUT2D eigenvalue weighted by Crippen LogP contribution is -2.25. The van der Waals surface area contributed by atoms with Crippen LogP contribution in [0.5, 0.6) is 0 Å². The SMILES string of the molecule is C.C.C.C.C.C.C.C.C.C.C.C.CCC(C)(C#N)CCl.CCC(C)(C#N)CF.CCC(C)(C)C#N.CCC(C)(C)C(=O)OCCC#N.CCC(C)(C)c1ccc(C#N)cc1.CCC(C)c1ccc(C#N)cc1. The fourth-order valence-electron chi connectivity index (χ4n) is 3.34. The van der Waals surface area contributed by atoms with Crippen molar-refractivity contribution in [1.82, 2.24) is 0 Å². The number of rotatable bonds is 13. The van der Waals surface area contributed by atoms with Crippen LogP contribution in [0.25, 0.3) is 0 Å². The Bertz CT molecular complexity index is 1700. The van der Waals surface area contributed by atoms with E-state index in [9.17, 15) is 9.18 Å². The van der Waals surface area contributed by atoms with Crippen molar-refractivity contribution in [3.05, 3.63) is 70.8 Å². The standard InChI is InChI=1S/C12H15N.C11H13N.C9H15NO2.C6H10ClN.C6H10FN.C6H11N.12CH4/c1-4-12(2,3)11-7-5-10(9-13)6-8-11;1-3-9(2)11-6-4-10(8-12)5-7-11;1-4-9(2,3)8(11)12-7-5-6-10;2*1-3-6(2,4-7)5-8;1-4-6(2,3)5-7;;;;;;;;;;;;/h5-8H,4H2,1-3H3;4-7,9H,3H2,1-2H3;4-5,7H2,1-3H3;2*3-4H2,1-2H3;4H2,1-3H3;12*1H4. The van der Waals surface area contributed by atoms with E-state index in [2.05, 4.69) is 58.9 Å². The molecule has 0 heterocycles. The average Bonchev–Trinajstić information content (AvgIpc) is 3.29. The summed E-state index contributed by atoms with van der Waals surface area (Å²) in [6.07, 6.45) is 5.62. The van der Waals surface area contributed by atoms with E-state index in [4.69, 9.17) is 47.9 Å². The Kier molecular flexibility index (Phi) is 94.1. The van der Waals surface area contributed by atoms with E-state index in [1.165, 1.54) is 11.1 Å². The predicted octanol–water partition coefficient (Wildman–Crippen LogP) is 21.8. The van der Waals surface area contributed by atoms with Gasteiger partial charge in [0.2, 0.25) is 0 Å². The van der Waals surface area contributed by atoms with E-state index < -0.39 is 17.5 Å². The van der Waals surface area contributed by atoms with E-state index in [0.29, 0.717) is 18.2 Å². The summed E-state index contributed by atoms with van der Waals surface area (Å²) in [5.41, 5.74) is 2.73. The van der Waals surface area contributed by atoms with E-state index in [0.717, 1.165) is 43.2 Å². The van der Waals surface area contributed by atoms with E-state index in [1.54, 1.807) is 6.92 Å². The molecule has 2 rings (SSSR count). The highest BCUT2D eigenvalue weighted by Crippen LogP contribution is 2.27. The first-order valence-corrected chi connectivity index (χ1v) is 21.3. The maximum Gasteiger partial charge on any atom is 0.311 e. The molecule has 10 heteroatoms. The summed E-state index contributed by atoms with van der Waals surface area (Å²) in [6.45, 7) is 29.4. The summed E-state index contributed by atoms with van der Waals surface area (Å²) < 4.78 is 16.7. The van der Waals surface area contributed by atoms with Crippen LogP contribution in [-0.2, 0) is 14.9 Å². The minimum Gasteiger partial charge on any atom is -0.464 e. The molecule has 0 N–H and O–H groups in total. The molecule has 0 bridgehead atoms. The molecule has 0 spiro atoms. The summed E-state index contributed by atoms with van der Waals surface area (Å²) in [7, 11) is 0. The number of carbonyl (C=O) groups excluding carboxylic acids is 1. The highest BCUT2D eigenvalue weighted by molar-refractivity contribution is 6.18. The molecular formula is C62H122ClFN6O2. The second kappa shape index (κ2) is 60.4. The molecule has 0 fully saturated rings. The second-order valence-electron chi connectivity index (χ2n) is 16.9. The first-order chi connectivity index (χ1) is 27.9. The number of hydrogen-bond acceptors (Lipinski definition) is 8. The molecular weight excluding hydrogens is 915 g/mol. The Morgan fingerprint density at radius 3 is 1.14 bits per heavy atom. The fourth-order valence-corrected chi connectivity index (χ4v) is 3.59. The summed E-state index contributed by atoms with van der Waals surface area (Å²) in [5.74, 6) is 0.804. The normalized spacial score (nSPS) is 10.5. The molecule has 0 aliphatic carbocycles. The molecule has 0 aliphatic heterocycles. The molecule has 8 nitrogen and oxygen atoms in total. The average molecular weight is 1040 g/mol. The fraction of sp³-hybridized carbons (Fsp3) is 0.694. The van der Waals surface area contributed by atoms with E-state index in [-0.39, 0.29) is 124 Å². The van der Waals surface area contributed by atoms with Crippen LogP contribution in [0.15, 0.2) is 48.5 Å². The number of carbonyl (C=O) groups is 1. The molecule has 0 saturated carbocycles. The van der Waals surface area contributed by atoms with E-state index in [1.807, 2.05) is 123 Å². The Morgan fingerprint density at radius 1 is 0.569 bits per heavy atom. The van der Waals surface area contributed by atoms with Gasteiger partial charge in [0.05, 0.1) is 75.6 Å². The molecule has 0 radical (unpaired) electrons. The molecule has 3 unspecified atom stereocenters. The van der Waals surface area contributed by atoms with Crippen LogP contribution >= 0.6 is 11.6 Å². The van der Waals surface area contributed by atoms with Crippen molar-refractivity contribution in [2.24, 2.45) is 21.7 Å². The monoisotopic (exact) mass is 1040 g/mol. The lowest BCUT2D eigenvalue weighted by atomic mass is 9.82. The van der Waals surface area contributed by atoms with Gasteiger partial charge in [-0.25, -0.2) is 4.39 Å². The summed E-state index contributed by atoms with van der Waals surface area (Å²) >= 11 is 5.49. The number of ether oxygens (including phenoxy) is 1.